The van der Waals surface area contributed by atoms with Crippen LogP contribution < -0.4 is 15.7 Å². The van der Waals surface area contributed by atoms with Crippen molar-refractivity contribution >= 4 is 27.9 Å². The molecule has 1 atom stereocenters. The second-order valence-electron chi connectivity index (χ2n) is 3.50. The van der Waals surface area contributed by atoms with E-state index in [9.17, 15) is 14.7 Å². The van der Waals surface area contributed by atoms with E-state index in [1.54, 1.807) is 12.1 Å². The van der Waals surface area contributed by atoms with Crippen LogP contribution in [0.5, 0.6) is 0 Å². The standard InChI is InChI=1S/C11H9BrN2O3/c12-7-3-1-6(2-4-7)8-5-9(10(15)16)14-11(17)13-8/h1-5,8H,(H,15,16)(H2,13,14,17)/p-1/t8-/m0/s1. The Labute approximate surface area is 106 Å². The number of carboxylic acid groups (broad SMARTS) is 1. The average molecular weight is 296 g/mol. The molecule has 2 rings (SSSR count). The molecular formula is C11H8BrN2O3-. The molecule has 0 spiro atoms. The number of urea groups is 1. The van der Waals surface area contributed by atoms with Crippen LogP contribution in [0.15, 0.2) is 40.5 Å². The minimum absolute atomic E-state index is 0.221. The maximum absolute atomic E-state index is 11.3. The normalized spacial score (nSPS) is 19.0. The maximum Gasteiger partial charge on any atom is 0.320 e. The first kappa shape index (κ1) is 11.7. The molecule has 17 heavy (non-hydrogen) atoms. The van der Waals surface area contributed by atoms with E-state index in [-0.39, 0.29) is 5.70 Å². The Morgan fingerprint density at radius 1 is 1.29 bits per heavy atom. The molecule has 0 aliphatic carbocycles. The van der Waals surface area contributed by atoms with Crippen LogP contribution in [-0.4, -0.2) is 12.0 Å². The molecule has 0 fully saturated rings. The van der Waals surface area contributed by atoms with Gasteiger partial charge in [-0.05, 0) is 23.8 Å². The third-order valence-corrected chi connectivity index (χ3v) is 2.85. The van der Waals surface area contributed by atoms with Crippen molar-refractivity contribution in [2.24, 2.45) is 0 Å². The van der Waals surface area contributed by atoms with Crippen LogP contribution in [0, 0.1) is 0 Å². The SMILES string of the molecule is O=C1NC(C(=O)[O-])=C[C@@H](c2ccc(Br)cc2)N1. The lowest BCUT2D eigenvalue weighted by atomic mass is 10.0. The summed E-state index contributed by atoms with van der Waals surface area (Å²) in [7, 11) is 0. The highest BCUT2D eigenvalue weighted by molar-refractivity contribution is 9.10. The Morgan fingerprint density at radius 3 is 2.53 bits per heavy atom. The van der Waals surface area contributed by atoms with Gasteiger partial charge in [0.25, 0.3) is 0 Å². The highest BCUT2D eigenvalue weighted by Crippen LogP contribution is 2.20. The van der Waals surface area contributed by atoms with Crippen LogP contribution in [0.3, 0.4) is 0 Å². The van der Waals surface area contributed by atoms with Crippen LogP contribution in [0.4, 0.5) is 4.79 Å². The van der Waals surface area contributed by atoms with Crippen LogP contribution in [0.25, 0.3) is 0 Å². The van der Waals surface area contributed by atoms with Crippen molar-refractivity contribution in [2.75, 3.05) is 0 Å². The van der Waals surface area contributed by atoms with E-state index in [2.05, 4.69) is 26.6 Å². The number of aliphatic carboxylic acids is 1. The average Bonchev–Trinajstić information content (AvgIpc) is 2.29. The van der Waals surface area contributed by atoms with Crippen molar-refractivity contribution in [3.63, 3.8) is 0 Å². The molecule has 1 aromatic rings. The second-order valence-corrected chi connectivity index (χ2v) is 4.41. The number of nitrogens with one attached hydrogen (secondary N) is 2. The third kappa shape index (κ3) is 2.65. The molecule has 1 aromatic carbocycles. The summed E-state index contributed by atoms with van der Waals surface area (Å²) in [6.45, 7) is 0. The number of carbonyl (C=O) groups excluding carboxylic acids is 2. The van der Waals surface area contributed by atoms with Gasteiger partial charge in [-0.2, -0.15) is 0 Å². The molecule has 88 valence electrons. The molecule has 0 saturated heterocycles. The topological polar surface area (TPSA) is 81.3 Å². The molecule has 2 amide bonds. The van der Waals surface area contributed by atoms with Gasteiger partial charge in [-0.25, -0.2) is 4.79 Å². The van der Waals surface area contributed by atoms with Gasteiger partial charge >= 0.3 is 6.03 Å². The van der Waals surface area contributed by atoms with Gasteiger partial charge in [-0.1, -0.05) is 28.1 Å². The van der Waals surface area contributed by atoms with Crippen LogP contribution >= 0.6 is 15.9 Å². The molecule has 0 aromatic heterocycles. The van der Waals surface area contributed by atoms with E-state index >= 15 is 0 Å². The molecule has 5 nitrogen and oxygen atoms in total. The van der Waals surface area contributed by atoms with Gasteiger partial charge in [0.15, 0.2) is 0 Å². The van der Waals surface area contributed by atoms with Gasteiger partial charge in [0, 0.05) is 4.47 Å². The van der Waals surface area contributed by atoms with Gasteiger partial charge in [0.05, 0.1) is 17.7 Å². The van der Waals surface area contributed by atoms with Crippen molar-refractivity contribution in [3.05, 3.63) is 46.1 Å². The van der Waals surface area contributed by atoms with Gasteiger partial charge < -0.3 is 20.5 Å². The smallest absolute Gasteiger partial charge is 0.320 e. The van der Waals surface area contributed by atoms with Gasteiger partial charge in [-0.3, -0.25) is 0 Å². The largest absolute Gasteiger partial charge is 0.543 e. The zero-order valence-corrected chi connectivity index (χ0v) is 10.2. The quantitative estimate of drug-likeness (QED) is 0.830. The minimum Gasteiger partial charge on any atom is -0.543 e. The minimum atomic E-state index is -1.40. The Hall–Kier alpha value is -1.82. The lowest BCUT2D eigenvalue weighted by molar-refractivity contribution is -0.299. The molecule has 0 unspecified atom stereocenters. The van der Waals surface area contributed by atoms with Gasteiger partial charge in [-0.15, -0.1) is 0 Å². The fourth-order valence-electron chi connectivity index (χ4n) is 1.52. The molecule has 2 N–H and O–H groups in total. The van der Waals surface area contributed by atoms with Crippen LogP contribution in [0.1, 0.15) is 11.6 Å². The number of carbonyl (C=O) groups is 2. The van der Waals surface area contributed by atoms with Gasteiger partial charge in [0.2, 0.25) is 0 Å². The van der Waals surface area contributed by atoms with Crippen LogP contribution in [0.2, 0.25) is 0 Å². The fourth-order valence-corrected chi connectivity index (χ4v) is 1.78. The zero-order chi connectivity index (χ0) is 12.4. The van der Waals surface area contributed by atoms with Gasteiger partial charge in [0.1, 0.15) is 0 Å². The summed E-state index contributed by atoms with van der Waals surface area (Å²) in [6.07, 6.45) is 1.40. The summed E-state index contributed by atoms with van der Waals surface area (Å²) >= 11 is 3.30. The Morgan fingerprint density at radius 2 is 1.94 bits per heavy atom. The molecule has 1 aliphatic heterocycles. The number of rotatable bonds is 2. The van der Waals surface area contributed by atoms with E-state index in [1.165, 1.54) is 6.08 Å². The highest BCUT2D eigenvalue weighted by Gasteiger charge is 2.19. The second kappa shape index (κ2) is 4.58. The van der Waals surface area contributed by atoms with E-state index < -0.39 is 18.0 Å². The first-order valence-electron chi connectivity index (χ1n) is 4.82. The van der Waals surface area contributed by atoms with Crippen molar-refractivity contribution in [2.45, 2.75) is 6.04 Å². The van der Waals surface area contributed by atoms with Crippen molar-refractivity contribution < 1.29 is 14.7 Å². The molecule has 1 aliphatic rings. The lowest BCUT2D eigenvalue weighted by Crippen LogP contribution is -2.46. The highest BCUT2D eigenvalue weighted by atomic mass is 79.9. The molecule has 0 saturated carbocycles. The van der Waals surface area contributed by atoms with E-state index in [0.29, 0.717) is 0 Å². The summed E-state index contributed by atoms with van der Waals surface area (Å²) in [4.78, 5) is 22.0. The molecular weight excluding hydrogens is 288 g/mol. The Bertz CT molecular complexity index is 496. The molecule has 0 radical (unpaired) electrons. The summed E-state index contributed by atoms with van der Waals surface area (Å²) < 4.78 is 0.908. The Balaban J connectivity index is 2.32. The molecule has 1 heterocycles. The third-order valence-electron chi connectivity index (χ3n) is 2.32. The summed E-state index contributed by atoms with van der Waals surface area (Å²) in [6, 6.07) is 6.20. The summed E-state index contributed by atoms with van der Waals surface area (Å²) in [5.41, 5.74) is 0.573. The first-order valence-corrected chi connectivity index (χ1v) is 5.62. The summed E-state index contributed by atoms with van der Waals surface area (Å²) in [5.74, 6) is -1.40. The zero-order valence-electron chi connectivity index (χ0n) is 8.57. The lowest BCUT2D eigenvalue weighted by Gasteiger charge is -2.24. The maximum atomic E-state index is 11.3. The number of hydrogen-bond donors (Lipinski definition) is 2. The van der Waals surface area contributed by atoms with Crippen molar-refractivity contribution in [1.82, 2.24) is 10.6 Å². The number of carboxylic acids is 1. The number of benzene rings is 1. The Kier molecular flexibility index (Phi) is 3.14. The van der Waals surface area contributed by atoms with Crippen molar-refractivity contribution in [1.29, 1.82) is 0 Å². The predicted molar refractivity (Wildman–Crippen MR) is 61.6 cm³/mol. The number of amides is 2. The first-order chi connectivity index (χ1) is 8.06. The number of halogens is 1. The predicted octanol–water partition coefficient (Wildman–Crippen LogP) is 0.437. The van der Waals surface area contributed by atoms with E-state index in [4.69, 9.17) is 0 Å². The molecule has 0 bridgehead atoms. The molecule has 6 heteroatoms. The number of hydrogen-bond acceptors (Lipinski definition) is 3. The summed E-state index contributed by atoms with van der Waals surface area (Å²) in [5, 5.41) is 15.5. The monoisotopic (exact) mass is 295 g/mol. The van der Waals surface area contributed by atoms with Crippen molar-refractivity contribution in [3.8, 4) is 0 Å². The fraction of sp³-hybridized carbons (Fsp3) is 0.0909. The van der Waals surface area contributed by atoms with Crippen LogP contribution in [-0.2, 0) is 4.79 Å². The van der Waals surface area contributed by atoms with E-state index in [1.807, 2.05) is 12.1 Å². The van der Waals surface area contributed by atoms with E-state index in [0.717, 1.165) is 10.0 Å².